The molecule has 0 bridgehead atoms. The predicted molar refractivity (Wildman–Crippen MR) is 114 cm³/mol. The van der Waals surface area contributed by atoms with Crippen LogP contribution in [-0.2, 0) is 11.3 Å². The summed E-state index contributed by atoms with van der Waals surface area (Å²) in [6, 6.07) is 4.28. The lowest BCUT2D eigenvalue weighted by molar-refractivity contribution is -0.135. The van der Waals surface area contributed by atoms with Gasteiger partial charge in [0, 0.05) is 12.1 Å². The van der Waals surface area contributed by atoms with Crippen LogP contribution in [0.15, 0.2) is 17.5 Å². The maximum absolute atomic E-state index is 13.6. The molecule has 2 atom stereocenters. The summed E-state index contributed by atoms with van der Waals surface area (Å²) < 4.78 is 3.17. The fourth-order valence-corrected chi connectivity index (χ4v) is 5.69. The van der Waals surface area contributed by atoms with Crippen molar-refractivity contribution in [2.75, 3.05) is 0 Å². The van der Waals surface area contributed by atoms with E-state index in [4.69, 9.17) is 0 Å². The SMILES string of the molecule is CCC(C)N1C(=O)c2cc3sccc3n2CC1(C)C(=O)NC1CCCCCC1. The third-order valence-electron chi connectivity index (χ3n) is 6.67. The van der Waals surface area contributed by atoms with Crippen molar-refractivity contribution in [3.8, 4) is 0 Å². The van der Waals surface area contributed by atoms with E-state index in [0.717, 1.165) is 29.5 Å². The van der Waals surface area contributed by atoms with Crippen LogP contribution in [0.1, 0.15) is 76.2 Å². The average Bonchev–Trinajstić information content (AvgIpc) is 3.16. The molecule has 2 aromatic rings. The molecule has 6 heteroatoms. The molecular weight excluding hydrogens is 370 g/mol. The third kappa shape index (κ3) is 3.15. The van der Waals surface area contributed by atoms with Crippen molar-refractivity contribution in [1.29, 1.82) is 0 Å². The van der Waals surface area contributed by atoms with E-state index in [-0.39, 0.29) is 23.9 Å². The molecule has 1 aliphatic carbocycles. The highest BCUT2D eigenvalue weighted by atomic mass is 32.1. The molecule has 4 rings (SSSR count). The molecule has 2 aromatic heterocycles. The Labute approximate surface area is 171 Å². The zero-order valence-electron chi connectivity index (χ0n) is 17.2. The van der Waals surface area contributed by atoms with Gasteiger partial charge < -0.3 is 14.8 Å². The zero-order valence-corrected chi connectivity index (χ0v) is 18.0. The smallest absolute Gasteiger partial charge is 0.271 e. The van der Waals surface area contributed by atoms with Crippen molar-refractivity contribution < 1.29 is 9.59 Å². The van der Waals surface area contributed by atoms with Crippen LogP contribution in [0.3, 0.4) is 0 Å². The number of nitrogens with zero attached hydrogens (tertiary/aromatic N) is 2. The summed E-state index contributed by atoms with van der Waals surface area (Å²) in [4.78, 5) is 28.9. The number of hydrogen-bond donors (Lipinski definition) is 1. The van der Waals surface area contributed by atoms with Gasteiger partial charge in [-0.3, -0.25) is 9.59 Å². The zero-order chi connectivity index (χ0) is 19.9. The molecule has 1 fully saturated rings. The minimum atomic E-state index is -0.875. The van der Waals surface area contributed by atoms with Crippen molar-refractivity contribution in [2.24, 2.45) is 0 Å². The lowest BCUT2D eigenvalue weighted by Gasteiger charge is -2.47. The van der Waals surface area contributed by atoms with Crippen LogP contribution < -0.4 is 5.32 Å². The molecule has 1 saturated carbocycles. The summed E-state index contributed by atoms with van der Waals surface area (Å²) in [7, 11) is 0. The van der Waals surface area contributed by atoms with E-state index in [1.165, 1.54) is 25.7 Å². The van der Waals surface area contributed by atoms with E-state index in [2.05, 4.69) is 29.8 Å². The average molecular weight is 402 g/mol. The van der Waals surface area contributed by atoms with Gasteiger partial charge in [0.05, 0.1) is 16.8 Å². The van der Waals surface area contributed by atoms with Crippen LogP contribution in [0.4, 0.5) is 0 Å². The minimum absolute atomic E-state index is 0.00391. The first-order chi connectivity index (χ1) is 13.5. The fourth-order valence-electron chi connectivity index (χ4n) is 4.87. The fraction of sp³-hybridized carbons (Fsp3) is 0.636. The number of fused-ring (bicyclic) bond motifs is 3. The molecular formula is C22H31N3O2S. The third-order valence-corrected chi connectivity index (χ3v) is 7.52. The first-order valence-electron chi connectivity index (χ1n) is 10.7. The molecule has 5 nitrogen and oxygen atoms in total. The van der Waals surface area contributed by atoms with Gasteiger partial charge in [-0.2, -0.15) is 0 Å². The lowest BCUT2D eigenvalue weighted by Crippen LogP contribution is -2.66. The van der Waals surface area contributed by atoms with Crippen LogP contribution in [0, 0.1) is 0 Å². The topological polar surface area (TPSA) is 54.3 Å². The summed E-state index contributed by atoms with van der Waals surface area (Å²) in [6.45, 7) is 6.59. The van der Waals surface area contributed by atoms with Gasteiger partial charge in [0.15, 0.2) is 0 Å². The number of nitrogens with one attached hydrogen (secondary N) is 1. The van der Waals surface area contributed by atoms with Gasteiger partial charge in [0.1, 0.15) is 11.2 Å². The number of amides is 2. The Morgan fingerprint density at radius 1 is 1.32 bits per heavy atom. The highest BCUT2D eigenvalue weighted by molar-refractivity contribution is 7.17. The summed E-state index contributed by atoms with van der Waals surface area (Å²) in [5, 5.41) is 5.37. The maximum Gasteiger partial charge on any atom is 0.271 e. The summed E-state index contributed by atoms with van der Waals surface area (Å²) in [6.07, 6.45) is 7.77. The van der Waals surface area contributed by atoms with E-state index in [1.54, 1.807) is 11.3 Å². The number of thiophene rings is 1. The van der Waals surface area contributed by atoms with Gasteiger partial charge in [0.2, 0.25) is 5.91 Å². The molecule has 2 amide bonds. The normalized spacial score (nSPS) is 24.8. The van der Waals surface area contributed by atoms with E-state index >= 15 is 0 Å². The first-order valence-corrected chi connectivity index (χ1v) is 11.5. The molecule has 2 unspecified atom stereocenters. The Morgan fingerprint density at radius 2 is 2.04 bits per heavy atom. The van der Waals surface area contributed by atoms with E-state index < -0.39 is 5.54 Å². The monoisotopic (exact) mass is 401 g/mol. The van der Waals surface area contributed by atoms with Gasteiger partial charge in [-0.25, -0.2) is 0 Å². The molecule has 0 radical (unpaired) electrons. The summed E-state index contributed by atoms with van der Waals surface area (Å²) in [5.41, 5.74) is 0.896. The highest BCUT2D eigenvalue weighted by Gasteiger charge is 2.49. The van der Waals surface area contributed by atoms with Gasteiger partial charge in [0.25, 0.3) is 5.91 Å². The first kappa shape index (κ1) is 19.5. The Kier molecular flexibility index (Phi) is 5.25. The van der Waals surface area contributed by atoms with Gasteiger partial charge >= 0.3 is 0 Å². The molecule has 0 spiro atoms. The van der Waals surface area contributed by atoms with E-state index in [0.29, 0.717) is 12.2 Å². The Morgan fingerprint density at radius 3 is 2.71 bits per heavy atom. The number of aromatic nitrogens is 1. The molecule has 28 heavy (non-hydrogen) atoms. The Hall–Kier alpha value is -1.82. The van der Waals surface area contributed by atoms with Crippen molar-refractivity contribution in [3.63, 3.8) is 0 Å². The van der Waals surface area contributed by atoms with Crippen molar-refractivity contribution in [3.05, 3.63) is 23.2 Å². The van der Waals surface area contributed by atoms with Crippen LogP contribution in [0.2, 0.25) is 0 Å². The van der Waals surface area contributed by atoms with E-state index in [1.807, 2.05) is 23.3 Å². The van der Waals surface area contributed by atoms with Crippen LogP contribution in [-0.4, -0.2) is 38.9 Å². The van der Waals surface area contributed by atoms with Gasteiger partial charge in [-0.15, -0.1) is 11.3 Å². The van der Waals surface area contributed by atoms with Gasteiger partial charge in [-0.1, -0.05) is 32.6 Å². The van der Waals surface area contributed by atoms with Crippen LogP contribution in [0.5, 0.6) is 0 Å². The molecule has 0 saturated heterocycles. The molecule has 1 N–H and O–H groups in total. The largest absolute Gasteiger partial charge is 0.351 e. The maximum atomic E-state index is 13.6. The standard InChI is InChI=1S/C22H31N3O2S/c1-4-15(2)25-20(26)18-13-19-17(11-12-28-19)24(18)14-22(25,3)21(27)23-16-9-7-5-6-8-10-16/h11-13,15-16H,4-10,14H2,1-3H3,(H,23,27). The van der Waals surface area contributed by atoms with Gasteiger partial charge in [-0.05, 0) is 50.6 Å². The molecule has 3 heterocycles. The Bertz CT molecular complexity index is 878. The van der Waals surface area contributed by atoms with Crippen molar-refractivity contribution in [1.82, 2.24) is 14.8 Å². The lowest BCUT2D eigenvalue weighted by atomic mass is 9.91. The number of carbonyl (C=O) groups excluding carboxylic acids is 2. The van der Waals surface area contributed by atoms with E-state index in [9.17, 15) is 9.59 Å². The second-order valence-corrected chi connectivity index (χ2v) is 9.60. The second kappa shape index (κ2) is 7.54. The molecule has 1 aliphatic heterocycles. The number of hydrogen-bond acceptors (Lipinski definition) is 3. The van der Waals surface area contributed by atoms with Crippen molar-refractivity contribution >= 4 is 33.4 Å². The summed E-state index contributed by atoms with van der Waals surface area (Å²) in [5.74, 6) is -0.0294. The minimum Gasteiger partial charge on any atom is -0.351 e. The van der Waals surface area contributed by atoms with Crippen molar-refractivity contribution in [2.45, 2.75) is 89.9 Å². The highest BCUT2D eigenvalue weighted by Crippen LogP contribution is 2.36. The number of carbonyl (C=O) groups is 2. The number of rotatable bonds is 4. The molecule has 152 valence electrons. The quantitative estimate of drug-likeness (QED) is 0.764. The molecule has 0 aromatic carbocycles. The summed E-state index contributed by atoms with van der Waals surface area (Å²) >= 11 is 1.65. The van der Waals surface area contributed by atoms with Crippen LogP contribution >= 0.6 is 11.3 Å². The predicted octanol–water partition coefficient (Wildman–Crippen LogP) is 4.55. The molecule has 2 aliphatic rings. The Balaban J connectivity index is 1.70. The van der Waals surface area contributed by atoms with Crippen LogP contribution in [0.25, 0.3) is 10.2 Å². The second-order valence-electron chi connectivity index (χ2n) is 8.65.